The van der Waals surface area contributed by atoms with E-state index in [2.05, 4.69) is 10.5 Å². The highest BCUT2D eigenvalue weighted by atomic mass is 35.5. The predicted octanol–water partition coefficient (Wildman–Crippen LogP) is 2.97. The van der Waals surface area contributed by atoms with Gasteiger partial charge in [0.15, 0.2) is 0 Å². The van der Waals surface area contributed by atoms with Crippen molar-refractivity contribution < 1.29 is 8.78 Å². The minimum atomic E-state index is -0.609. The van der Waals surface area contributed by atoms with Gasteiger partial charge in [-0.25, -0.2) is 8.78 Å². The van der Waals surface area contributed by atoms with Crippen LogP contribution in [0.5, 0.6) is 0 Å². The topological polar surface area (TPSA) is 55.9 Å². The fraction of sp³-hybridized carbons (Fsp3) is 0.357. The van der Waals surface area contributed by atoms with Gasteiger partial charge in [0.05, 0.1) is 23.0 Å². The number of nitrogens with zero attached hydrogens (tertiary/aromatic N) is 2. The van der Waals surface area contributed by atoms with Crippen molar-refractivity contribution in [2.75, 3.05) is 0 Å². The molecule has 2 aromatic rings. The van der Waals surface area contributed by atoms with Gasteiger partial charge in [-0.1, -0.05) is 24.6 Å². The molecule has 0 aliphatic rings. The quantitative estimate of drug-likeness (QED) is 0.636. The Hall–Kier alpha value is -1.50. The molecule has 0 fully saturated rings. The molecule has 114 valence electrons. The summed E-state index contributed by atoms with van der Waals surface area (Å²) in [5.74, 6) is 4.37. The number of hydrogen-bond donors (Lipinski definition) is 2. The molecule has 0 saturated heterocycles. The Balaban J connectivity index is 2.29. The summed E-state index contributed by atoms with van der Waals surface area (Å²) in [6.45, 7) is 2.70. The van der Waals surface area contributed by atoms with Crippen LogP contribution in [-0.2, 0) is 13.0 Å². The SMILES string of the molecule is CCCn1ncc(Cl)c1C(Cc1ccc(F)cc1F)NN. The van der Waals surface area contributed by atoms with Gasteiger partial charge >= 0.3 is 0 Å². The number of aryl methyl sites for hydroxylation is 1. The highest BCUT2D eigenvalue weighted by Crippen LogP contribution is 2.26. The average Bonchev–Trinajstić information content (AvgIpc) is 2.80. The molecule has 21 heavy (non-hydrogen) atoms. The van der Waals surface area contributed by atoms with Crippen LogP contribution in [0.15, 0.2) is 24.4 Å². The van der Waals surface area contributed by atoms with E-state index in [1.807, 2.05) is 6.92 Å². The van der Waals surface area contributed by atoms with Crippen LogP contribution >= 0.6 is 11.6 Å². The standard InChI is InChI=1S/C14H17ClF2N4/c1-2-5-21-14(11(15)8-19-21)13(20-18)6-9-3-4-10(16)7-12(9)17/h3-4,7-8,13,20H,2,5-6,18H2,1H3. The lowest BCUT2D eigenvalue weighted by atomic mass is 10.0. The largest absolute Gasteiger partial charge is 0.271 e. The van der Waals surface area contributed by atoms with E-state index in [4.69, 9.17) is 17.4 Å². The molecule has 0 spiro atoms. The minimum Gasteiger partial charge on any atom is -0.271 e. The maximum atomic E-state index is 13.8. The van der Waals surface area contributed by atoms with Crippen molar-refractivity contribution in [1.82, 2.24) is 15.2 Å². The zero-order valence-corrected chi connectivity index (χ0v) is 12.4. The average molecular weight is 315 g/mol. The lowest BCUT2D eigenvalue weighted by molar-refractivity contribution is 0.469. The van der Waals surface area contributed by atoms with E-state index < -0.39 is 17.7 Å². The molecule has 3 N–H and O–H groups in total. The van der Waals surface area contributed by atoms with Gasteiger partial charge in [-0.2, -0.15) is 5.10 Å². The maximum absolute atomic E-state index is 13.8. The first-order valence-corrected chi connectivity index (χ1v) is 7.05. The van der Waals surface area contributed by atoms with Crippen LogP contribution in [0.3, 0.4) is 0 Å². The number of benzene rings is 1. The predicted molar refractivity (Wildman–Crippen MR) is 77.7 cm³/mol. The zero-order chi connectivity index (χ0) is 15.4. The van der Waals surface area contributed by atoms with Gasteiger partial charge in [-0.3, -0.25) is 16.0 Å². The Labute approximate surface area is 126 Å². The third-order valence-electron chi connectivity index (χ3n) is 3.24. The lowest BCUT2D eigenvalue weighted by Crippen LogP contribution is -2.32. The second kappa shape index (κ2) is 6.98. The van der Waals surface area contributed by atoms with Gasteiger partial charge in [0.1, 0.15) is 11.6 Å². The Bertz CT molecular complexity index is 615. The summed E-state index contributed by atoms with van der Waals surface area (Å²) in [5.41, 5.74) is 3.69. The summed E-state index contributed by atoms with van der Waals surface area (Å²) >= 11 is 6.15. The first kappa shape index (κ1) is 15.9. The second-order valence-electron chi connectivity index (χ2n) is 4.76. The van der Waals surface area contributed by atoms with Crippen molar-refractivity contribution in [2.24, 2.45) is 5.84 Å². The fourth-order valence-corrected chi connectivity index (χ4v) is 2.52. The lowest BCUT2D eigenvalue weighted by Gasteiger charge is -2.18. The molecular weight excluding hydrogens is 298 g/mol. The molecule has 7 heteroatoms. The Morgan fingerprint density at radius 2 is 2.19 bits per heavy atom. The molecule has 0 radical (unpaired) electrons. The van der Waals surface area contributed by atoms with Crippen LogP contribution < -0.4 is 11.3 Å². The van der Waals surface area contributed by atoms with Gasteiger partial charge in [0.25, 0.3) is 0 Å². The van der Waals surface area contributed by atoms with Crippen molar-refractivity contribution in [1.29, 1.82) is 0 Å². The van der Waals surface area contributed by atoms with E-state index >= 15 is 0 Å². The zero-order valence-electron chi connectivity index (χ0n) is 11.6. The normalized spacial score (nSPS) is 12.6. The van der Waals surface area contributed by atoms with E-state index in [1.54, 1.807) is 4.68 Å². The molecule has 1 atom stereocenters. The second-order valence-corrected chi connectivity index (χ2v) is 5.17. The van der Waals surface area contributed by atoms with E-state index in [0.717, 1.165) is 12.5 Å². The molecular formula is C14H17ClF2N4. The number of hydrogen-bond acceptors (Lipinski definition) is 3. The van der Waals surface area contributed by atoms with Gasteiger partial charge in [0.2, 0.25) is 0 Å². The Morgan fingerprint density at radius 3 is 2.81 bits per heavy atom. The van der Waals surface area contributed by atoms with Gasteiger partial charge < -0.3 is 0 Å². The molecule has 0 amide bonds. The van der Waals surface area contributed by atoms with Crippen LogP contribution in [0.25, 0.3) is 0 Å². The number of hydrazine groups is 1. The van der Waals surface area contributed by atoms with Crippen LogP contribution in [0.2, 0.25) is 5.02 Å². The molecule has 0 aliphatic carbocycles. The van der Waals surface area contributed by atoms with Gasteiger partial charge in [-0.15, -0.1) is 0 Å². The molecule has 4 nitrogen and oxygen atoms in total. The third-order valence-corrected chi connectivity index (χ3v) is 3.53. The summed E-state index contributed by atoms with van der Waals surface area (Å²) in [4.78, 5) is 0. The number of nitrogens with one attached hydrogen (secondary N) is 1. The van der Waals surface area contributed by atoms with Gasteiger partial charge in [-0.05, 0) is 24.5 Å². The van der Waals surface area contributed by atoms with Crippen molar-refractivity contribution in [3.63, 3.8) is 0 Å². The van der Waals surface area contributed by atoms with Gasteiger partial charge in [0, 0.05) is 12.6 Å². The minimum absolute atomic E-state index is 0.248. The number of rotatable bonds is 6. The Morgan fingerprint density at radius 1 is 1.43 bits per heavy atom. The molecule has 2 rings (SSSR count). The molecule has 1 aromatic heterocycles. The smallest absolute Gasteiger partial charge is 0.129 e. The van der Waals surface area contributed by atoms with E-state index in [0.29, 0.717) is 22.8 Å². The summed E-state index contributed by atoms with van der Waals surface area (Å²) in [7, 11) is 0. The molecule has 1 unspecified atom stereocenters. The highest BCUT2D eigenvalue weighted by Gasteiger charge is 2.21. The van der Waals surface area contributed by atoms with Crippen LogP contribution in [0, 0.1) is 11.6 Å². The van der Waals surface area contributed by atoms with Crippen LogP contribution in [-0.4, -0.2) is 9.78 Å². The summed E-state index contributed by atoms with van der Waals surface area (Å²) in [5, 5.41) is 4.65. The van der Waals surface area contributed by atoms with Crippen LogP contribution in [0.4, 0.5) is 8.78 Å². The molecule has 1 heterocycles. The Kier molecular flexibility index (Phi) is 5.27. The molecule has 0 bridgehead atoms. The molecule has 1 aromatic carbocycles. The monoisotopic (exact) mass is 314 g/mol. The van der Waals surface area contributed by atoms with Crippen molar-refractivity contribution in [3.8, 4) is 0 Å². The number of halogens is 3. The van der Waals surface area contributed by atoms with Crippen molar-refractivity contribution in [2.45, 2.75) is 32.4 Å². The number of aromatic nitrogens is 2. The summed E-state index contributed by atoms with van der Waals surface area (Å²) < 4.78 is 28.5. The maximum Gasteiger partial charge on any atom is 0.129 e. The van der Waals surface area contributed by atoms with E-state index in [9.17, 15) is 8.78 Å². The first-order chi connectivity index (χ1) is 10.1. The van der Waals surface area contributed by atoms with Crippen molar-refractivity contribution in [3.05, 3.63) is 52.3 Å². The highest BCUT2D eigenvalue weighted by molar-refractivity contribution is 6.31. The summed E-state index contributed by atoms with van der Waals surface area (Å²) in [6.07, 6.45) is 2.67. The number of nitrogens with two attached hydrogens (primary N) is 1. The summed E-state index contributed by atoms with van der Waals surface area (Å²) in [6, 6.07) is 3.07. The van der Waals surface area contributed by atoms with E-state index in [1.165, 1.54) is 18.3 Å². The molecule has 0 aliphatic heterocycles. The molecule has 0 saturated carbocycles. The van der Waals surface area contributed by atoms with Crippen molar-refractivity contribution >= 4 is 11.6 Å². The van der Waals surface area contributed by atoms with Crippen LogP contribution in [0.1, 0.15) is 30.6 Å². The first-order valence-electron chi connectivity index (χ1n) is 6.68. The van der Waals surface area contributed by atoms with E-state index in [-0.39, 0.29) is 6.42 Å². The fourth-order valence-electron chi connectivity index (χ4n) is 2.25. The third kappa shape index (κ3) is 3.58.